The van der Waals surface area contributed by atoms with Crippen LogP contribution in [-0.4, -0.2) is 12.0 Å². The van der Waals surface area contributed by atoms with E-state index in [2.05, 4.69) is 6.07 Å². The standard InChI is InChI=1S/C16H14N2O2/c1-11(16(18)19)20-15-8-3-2-7-14(15)13-6-4-5-12(9-13)10-17/h2-9,11H,1H3,(H2,18,19)/t11-/m1/s1. The predicted molar refractivity (Wildman–Crippen MR) is 75.9 cm³/mol. The molecule has 2 rings (SSSR count). The maximum Gasteiger partial charge on any atom is 0.258 e. The topological polar surface area (TPSA) is 76.1 Å². The van der Waals surface area contributed by atoms with Crippen molar-refractivity contribution in [3.63, 3.8) is 0 Å². The normalized spacial score (nSPS) is 11.4. The number of para-hydroxylation sites is 1. The minimum Gasteiger partial charge on any atom is -0.480 e. The Kier molecular flexibility index (Phi) is 4.02. The van der Waals surface area contributed by atoms with Gasteiger partial charge in [0, 0.05) is 5.56 Å². The summed E-state index contributed by atoms with van der Waals surface area (Å²) >= 11 is 0. The van der Waals surface area contributed by atoms with Gasteiger partial charge in [-0.15, -0.1) is 0 Å². The van der Waals surface area contributed by atoms with Gasteiger partial charge in [-0.3, -0.25) is 4.79 Å². The van der Waals surface area contributed by atoms with Gasteiger partial charge in [0.25, 0.3) is 5.91 Å². The number of ether oxygens (including phenoxy) is 1. The van der Waals surface area contributed by atoms with Gasteiger partial charge in [0.2, 0.25) is 0 Å². The third kappa shape index (κ3) is 2.96. The zero-order valence-electron chi connectivity index (χ0n) is 11.0. The quantitative estimate of drug-likeness (QED) is 0.923. The molecule has 0 heterocycles. The molecular weight excluding hydrogens is 252 g/mol. The minimum atomic E-state index is -0.713. The van der Waals surface area contributed by atoms with Gasteiger partial charge in [0.05, 0.1) is 11.6 Å². The van der Waals surface area contributed by atoms with E-state index >= 15 is 0 Å². The lowest BCUT2D eigenvalue weighted by Gasteiger charge is -2.15. The average Bonchev–Trinajstić information content (AvgIpc) is 2.47. The molecule has 20 heavy (non-hydrogen) atoms. The summed E-state index contributed by atoms with van der Waals surface area (Å²) in [6.07, 6.45) is -0.713. The molecule has 4 nitrogen and oxygen atoms in total. The van der Waals surface area contributed by atoms with Crippen molar-refractivity contribution >= 4 is 5.91 Å². The first-order valence-corrected chi connectivity index (χ1v) is 6.17. The Labute approximate surface area is 117 Å². The number of hydrogen-bond acceptors (Lipinski definition) is 3. The molecule has 100 valence electrons. The molecule has 0 bridgehead atoms. The van der Waals surface area contributed by atoms with Crippen LogP contribution in [0.3, 0.4) is 0 Å². The van der Waals surface area contributed by atoms with E-state index in [1.807, 2.05) is 30.3 Å². The van der Waals surface area contributed by atoms with E-state index in [-0.39, 0.29) is 0 Å². The second-order valence-corrected chi connectivity index (χ2v) is 4.35. The number of amides is 1. The van der Waals surface area contributed by atoms with E-state index in [0.717, 1.165) is 11.1 Å². The molecule has 0 aromatic heterocycles. The van der Waals surface area contributed by atoms with E-state index in [0.29, 0.717) is 11.3 Å². The summed E-state index contributed by atoms with van der Waals surface area (Å²) in [6.45, 7) is 1.60. The highest BCUT2D eigenvalue weighted by Crippen LogP contribution is 2.30. The first-order chi connectivity index (χ1) is 9.61. The second kappa shape index (κ2) is 5.89. The van der Waals surface area contributed by atoms with Crippen LogP contribution < -0.4 is 10.5 Å². The molecule has 0 unspecified atom stereocenters. The summed E-state index contributed by atoms with van der Waals surface area (Å²) in [4.78, 5) is 11.1. The van der Waals surface area contributed by atoms with Crippen molar-refractivity contribution in [1.82, 2.24) is 0 Å². The van der Waals surface area contributed by atoms with Gasteiger partial charge in [-0.25, -0.2) is 0 Å². The molecule has 0 aliphatic heterocycles. The van der Waals surface area contributed by atoms with E-state index < -0.39 is 12.0 Å². The second-order valence-electron chi connectivity index (χ2n) is 4.35. The van der Waals surface area contributed by atoms with Crippen molar-refractivity contribution in [2.45, 2.75) is 13.0 Å². The highest BCUT2D eigenvalue weighted by Gasteiger charge is 2.13. The molecule has 2 aromatic rings. The molecule has 4 heteroatoms. The Morgan fingerprint density at radius 1 is 1.25 bits per heavy atom. The maximum absolute atomic E-state index is 11.1. The number of hydrogen-bond donors (Lipinski definition) is 1. The molecule has 0 aliphatic carbocycles. The summed E-state index contributed by atoms with van der Waals surface area (Å²) in [7, 11) is 0. The fraction of sp³-hybridized carbons (Fsp3) is 0.125. The maximum atomic E-state index is 11.1. The summed E-state index contributed by atoms with van der Waals surface area (Å²) < 4.78 is 5.58. The fourth-order valence-electron chi connectivity index (χ4n) is 1.81. The van der Waals surface area contributed by atoms with Crippen LogP contribution in [0.5, 0.6) is 5.75 Å². The zero-order valence-corrected chi connectivity index (χ0v) is 11.0. The molecule has 0 spiro atoms. The van der Waals surface area contributed by atoms with Crippen LogP contribution in [0, 0.1) is 11.3 Å². The van der Waals surface area contributed by atoms with Crippen LogP contribution in [0.1, 0.15) is 12.5 Å². The van der Waals surface area contributed by atoms with Gasteiger partial charge in [0.1, 0.15) is 5.75 Å². The average molecular weight is 266 g/mol. The van der Waals surface area contributed by atoms with Crippen LogP contribution in [0.2, 0.25) is 0 Å². The fourth-order valence-corrected chi connectivity index (χ4v) is 1.81. The van der Waals surface area contributed by atoms with Crippen LogP contribution in [0.4, 0.5) is 0 Å². The van der Waals surface area contributed by atoms with Gasteiger partial charge in [-0.1, -0.05) is 30.3 Å². The molecule has 1 atom stereocenters. The zero-order chi connectivity index (χ0) is 14.5. The summed E-state index contributed by atoms with van der Waals surface area (Å²) in [5.41, 5.74) is 7.46. The molecule has 1 amide bonds. The van der Waals surface area contributed by atoms with E-state index in [9.17, 15) is 4.79 Å². The van der Waals surface area contributed by atoms with Gasteiger partial charge in [-0.05, 0) is 30.7 Å². The van der Waals surface area contributed by atoms with Gasteiger partial charge in [-0.2, -0.15) is 5.26 Å². The first kappa shape index (κ1) is 13.6. The van der Waals surface area contributed by atoms with Crippen molar-refractivity contribution in [3.8, 4) is 22.9 Å². The van der Waals surface area contributed by atoms with Crippen LogP contribution in [-0.2, 0) is 4.79 Å². The summed E-state index contributed by atoms with van der Waals surface area (Å²) in [6, 6.07) is 16.6. The van der Waals surface area contributed by atoms with Crippen molar-refractivity contribution in [1.29, 1.82) is 5.26 Å². The molecule has 0 aliphatic rings. The summed E-state index contributed by atoms with van der Waals surface area (Å²) in [5, 5.41) is 8.95. The Balaban J connectivity index is 2.41. The third-order valence-electron chi connectivity index (χ3n) is 2.89. The first-order valence-electron chi connectivity index (χ1n) is 6.17. The lowest BCUT2D eigenvalue weighted by Crippen LogP contribution is -2.30. The van der Waals surface area contributed by atoms with Crippen LogP contribution in [0.25, 0.3) is 11.1 Å². The van der Waals surface area contributed by atoms with Crippen molar-refractivity contribution in [3.05, 3.63) is 54.1 Å². The van der Waals surface area contributed by atoms with Crippen molar-refractivity contribution in [2.75, 3.05) is 0 Å². The van der Waals surface area contributed by atoms with Gasteiger partial charge >= 0.3 is 0 Å². The Hall–Kier alpha value is -2.80. The third-order valence-corrected chi connectivity index (χ3v) is 2.89. The number of benzene rings is 2. The van der Waals surface area contributed by atoms with Crippen molar-refractivity contribution in [2.24, 2.45) is 5.73 Å². The highest BCUT2D eigenvalue weighted by atomic mass is 16.5. The van der Waals surface area contributed by atoms with Crippen molar-refractivity contribution < 1.29 is 9.53 Å². The number of nitrogens with zero attached hydrogens (tertiary/aromatic N) is 1. The van der Waals surface area contributed by atoms with E-state index in [4.69, 9.17) is 15.7 Å². The lowest BCUT2D eigenvalue weighted by molar-refractivity contribution is -0.123. The monoisotopic (exact) mass is 266 g/mol. The summed E-state index contributed by atoms with van der Waals surface area (Å²) in [5.74, 6) is 0.0412. The number of carbonyl (C=O) groups excluding carboxylic acids is 1. The minimum absolute atomic E-state index is 0.523. The van der Waals surface area contributed by atoms with Gasteiger partial charge < -0.3 is 10.5 Å². The number of nitriles is 1. The molecule has 0 fully saturated rings. The largest absolute Gasteiger partial charge is 0.480 e. The van der Waals surface area contributed by atoms with Crippen LogP contribution >= 0.6 is 0 Å². The Morgan fingerprint density at radius 3 is 2.70 bits per heavy atom. The van der Waals surface area contributed by atoms with Gasteiger partial charge in [0.15, 0.2) is 6.10 Å². The highest BCUT2D eigenvalue weighted by molar-refractivity contribution is 5.79. The Bertz CT molecular complexity index is 674. The molecule has 0 saturated heterocycles. The smallest absolute Gasteiger partial charge is 0.258 e. The number of nitrogens with two attached hydrogens (primary N) is 1. The lowest BCUT2D eigenvalue weighted by atomic mass is 10.0. The SMILES string of the molecule is C[C@@H](Oc1ccccc1-c1cccc(C#N)c1)C(N)=O. The number of rotatable bonds is 4. The number of primary amides is 1. The number of carbonyl (C=O) groups is 1. The molecule has 2 aromatic carbocycles. The van der Waals surface area contributed by atoms with E-state index in [1.165, 1.54) is 0 Å². The molecule has 0 radical (unpaired) electrons. The van der Waals surface area contributed by atoms with E-state index in [1.54, 1.807) is 25.1 Å². The predicted octanol–water partition coefficient (Wildman–Crippen LogP) is 2.48. The Morgan fingerprint density at radius 2 is 2.00 bits per heavy atom. The van der Waals surface area contributed by atoms with Crippen LogP contribution in [0.15, 0.2) is 48.5 Å². The molecule has 2 N–H and O–H groups in total. The molecule has 0 saturated carbocycles. The molecular formula is C16H14N2O2.